The standard InChI is InChI=1S/C16H12O6/c1-2-3-9-11(15(19)21-13(9)17)6-8-4-5-10-12(7-8)16(20)22-14(10)18/h2-5,7,10,12H,6H2,1H3/b3-2-/t10-,12?/m0/s1. The van der Waals surface area contributed by atoms with Gasteiger partial charge in [0.15, 0.2) is 0 Å². The van der Waals surface area contributed by atoms with Crippen molar-refractivity contribution in [1.29, 1.82) is 0 Å². The van der Waals surface area contributed by atoms with E-state index in [1.165, 1.54) is 6.08 Å². The molecule has 0 radical (unpaired) electrons. The molecule has 0 spiro atoms. The van der Waals surface area contributed by atoms with Crippen LogP contribution in [0.1, 0.15) is 13.3 Å². The fourth-order valence-electron chi connectivity index (χ4n) is 2.67. The van der Waals surface area contributed by atoms with Crippen LogP contribution in [0.4, 0.5) is 0 Å². The molecule has 0 aromatic rings. The quantitative estimate of drug-likeness (QED) is 0.574. The van der Waals surface area contributed by atoms with Crippen LogP contribution in [0.5, 0.6) is 0 Å². The van der Waals surface area contributed by atoms with Crippen LogP contribution in [-0.4, -0.2) is 23.9 Å². The first-order valence-electron chi connectivity index (χ1n) is 6.78. The molecule has 6 heteroatoms. The highest BCUT2D eigenvalue weighted by molar-refractivity contribution is 6.14. The Kier molecular flexibility index (Phi) is 3.36. The Morgan fingerprint density at radius 3 is 2.50 bits per heavy atom. The van der Waals surface area contributed by atoms with Crippen molar-refractivity contribution in [3.63, 3.8) is 0 Å². The van der Waals surface area contributed by atoms with Crippen LogP contribution in [0.25, 0.3) is 0 Å². The van der Waals surface area contributed by atoms with E-state index >= 15 is 0 Å². The molecule has 1 aliphatic carbocycles. The number of fused-ring (bicyclic) bond motifs is 1. The zero-order chi connectivity index (χ0) is 15.9. The molecule has 3 aliphatic rings. The minimum absolute atomic E-state index is 0.158. The predicted octanol–water partition coefficient (Wildman–Crippen LogP) is 1.14. The van der Waals surface area contributed by atoms with Gasteiger partial charge in [0.25, 0.3) is 0 Å². The fourth-order valence-corrected chi connectivity index (χ4v) is 2.67. The number of allylic oxidation sites excluding steroid dienone is 3. The molecule has 6 nitrogen and oxygen atoms in total. The minimum Gasteiger partial charge on any atom is -0.392 e. The molecule has 1 fully saturated rings. The number of carbonyl (C=O) groups excluding carboxylic acids is 4. The molecule has 2 aliphatic heterocycles. The summed E-state index contributed by atoms with van der Waals surface area (Å²) in [5.74, 6) is -3.77. The van der Waals surface area contributed by atoms with E-state index in [0.717, 1.165) is 0 Å². The second-order valence-electron chi connectivity index (χ2n) is 5.14. The Hall–Kier alpha value is -2.76. The second-order valence-corrected chi connectivity index (χ2v) is 5.14. The molecular weight excluding hydrogens is 288 g/mol. The van der Waals surface area contributed by atoms with E-state index in [4.69, 9.17) is 0 Å². The summed E-state index contributed by atoms with van der Waals surface area (Å²) in [5, 5.41) is 0. The normalized spacial score (nSPS) is 27.4. The van der Waals surface area contributed by atoms with Crippen LogP contribution in [0.15, 0.2) is 47.1 Å². The topological polar surface area (TPSA) is 86.7 Å². The van der Waals surface area contributed by atoms with Crippen molar-refractivity contribution in [1.82, 2.24) is 0 Å². The van der Waals surface area contributed by atoms with Crippen molar-refractivity contribution < 1.29 is 28.7 Å². The van der Waals surface area contributed by atoms with Crippen molar-refractivity contribution in [3.8, 4) is 0 Å². The molecule has 112 valence electrons. The van der Waals surface area contributed by atoms with E-state index in [9.17, 15) is 19.2 Å². The number of esters is 4. The number of hydrogen-bond acceptors (Lipinski definition) is 6. The van der Waals surface area contributed by atoms with Crippen LogP contribution in [0.3, 0.4) is 0 Å². The first-order chi connectivity index (χ1) is 10.5. The molecule has 0 saturated carbocycles. The molecule has 3 rings (SSSR count). The molecule has 22 heavy (non-hydrogen) atoms. The summed E-state index contributed by atoms with van der Waals surface area (Å²) in [5.41, 5.74) is 1.13. The summed E-state index contributed by atoms with van der Waals surface area (Å²) in [6.45, 7) is 1.73. The van der Waals surface area contributed by atoms with Gasteiger partial charge in [0, 0.05) is 6.42 Å². The molecule has 1 unspecified atom stereocenters. The highest BCUT2D eigenvalue weighted by Crippen LogP contribution is 2.34. The molecule has 1 saturated heterocycles. The third-order valence-corrected chi connectivity index (χ3v) is 3.73. The molecule has 2 atom stereocenters. The maximum atomic E-state index is 11.8. The van der Waals surface area contributed by atoms with E-state index in [1.54, 1.807) is 31.2 Å². The van der Waals surface area contributed by atoms with Gasteiger partial charge in [-0.15, -0.1) is 0 Å². The summed E-state index contributed by atoms with van der Waals surface area (Å²) in [7, 11) is 0. The molecule has 0 aromatic carbocycles. The lowest BCUT2D eigenvalue weighted by atomic mass is 9.85. The van der Waals surface area contributed by atoms with Crippen molar-refractivity contribution in [2.24, 2.45) is 11.8 Å². The van der Waals surface area contributed by atoms with E-state index in [1.807, 2.05) is 0 Å². The van der Waals surface area contributed by atoms with Crippen LogP contribution in [-0.2, 0) is 28.7 Å². The largest absolute Gasteiger partial charge is 0.392 e. The predicted molar refractivity (Wildman–Crippen MR) is 72.9 cm³/mol. The Morgan fingerprint density at radius 2 is 1.77 bits per heavy atom. The minimum atomic E-state index is -0.681. The monoisotopic (exact) mass is 300 g/mol. The summed E-state index contributed by atoms with van der Waals surface area (Å²) in [6, 6.07) is 0. The van der Waals surface area contributed by atoms with Gasteiger partial charge in [0.05, 0.1) is 23.0 Å². The van der Waals surface area contributed by atoms with E-state index in [-0.39, 0.29) is 17.6 Å². The van der Waals surface area contributed by atoms with Crippen LogP contribution in [0, 0.1) is 11.8 Å². The SMILES string of the molecule is C/C=C\C1=C(CC2=CC3C(=O)OC(=O)[C@H]3C=C2)C(=O)OC1=O. The summed E-state index contributed by atoms with van der Waals surface area (Å²) >= 11 is 0. The van der Waals surface area contributed by atoms with Crippen molar-refractivity contribution in [3.05, 3.63) is 47.1 Å². The number of rotatable bonds is 3. The average molecular weight is 300 g/mol. The van der Waals surface area contributed by atoms with E-state index in [0.29, 0.717) is 5.57 Å². The maximum Gasteiger partial charge on any atom is 0.346 e. The smallest absolute Gasteiger partial charge is 0.346 e. The molecule has 0 aromatic heterocycles. The Bertz CT molecular complexity index is 719. The van der Waals surface area contributed by atoms with Gasteiger partial charge < -0.3 is 9.47 Å². The first-order valence-corrected chi connectivity index (χ1v) is 6.78. The third kappa shape index (κ3) is 2.22. The van der Waals surface area contributed by atoms with Crippen molar-refractivity contribution >= 4 is 23.9 Å². The number of carbonyl (C=O) groups is 4. The van der Waals surface area contributed by atoms with Crippen molar-refractivity contribution in [2.45, 2.75) is 13.3 Å². The van der Waals surface area contributed by atoms with Crippen LogP contribution < -0.4 is 0 Å². The van der Waals surface area contributed by atoms with Crippen LogP contribution >= 0.6 is 0 Å². The molecule has 0 bridgehead atoms. The highest BCUT2D eigenvalue weighted by Gasteiger charge is 2.43. The molecule has 0 N–H and O–H groups in total. The van der Waals surface area contributed by atoms with Gasteiger partial charge in [-0.05, 0) is 12.5 Å². The van der Waals surface area contributed by atoms with Gasteiger partial charge in [-0.2, -0.15) is 0 Å². The van der Waals surface area contributed by atoms with Gasteiger partial charge in [-0.25, -0.2) is 9.59 Å². The first kappa shape index (κ1) is 14.2. The molecule has 2 heterocycles. The number of hydrogen-bond donors (Lipinski definition) is 0. The van der Waals surface area contributed by atoms with Gasteiger partial charge >= 0.3 is 23.9 Å². The summed E-state index contributed by atoms with van der Waals surface area (Å²) < 4.78 is 9.19. The van der Waals surface area contributed by atoms with Gasteiger partial charge in [0.1, 0.15) is 0 Å². The lowest BCUT2D eigenvalue weighted by molar-refractivity contribution is -0.154. The average Bonchev–Trinajstić information content (AvgIpc) is 2.90. The molecule has 0 amide bonds. The maximum absolute atomic E-state index is 11.8. The van der Waals surface area contributed by atoms with Gasteiger partial charge in [-0.1, -0.05) is 30.4 Å². The third-order valence-electron chi connectivity index (χ3n) is 3.73. The summed E-state index contributed by atoms with van der Waals surface area (Å²) in [4.78, 5) is 46.4. The Balaban J connectivity index is 1.89. The zero-order valence-electron chi connectivity index (χ0n) is 11.7. The molecular formula is C16H12O6. The number of cyclic esters (lactones) is 4. The lowest BCUT2D eigenvalue weighted by Crippen LogP contribution is -2.17. The van der Waals surface area contributed by atoms with E-state index < -0.39 is 35.7 Å². The lowest BCUT2D eigenvalue weighted by Gasteiger charge is -2.13. The highest BCUT2D eigenvalue weighted by atomic mass is 16.6. The van der Waals surface area contributed by atoms with Gasteiger partial charge in [0.2, 0.25) is 0 Å². The van der Waals surface area contributed by atoms with Gasteiger partial charge in [-0.3, -0.25) is 9.59 Å². The van der Waals surface area contributed by atoms with E-state index in [2.05, 4.69) is 9.47 Å². The van der Waals surface area contributed by atoms with Crippen molar-refractivity contribution in [2.75, 3.05) is 0 Å². The Labute approximate surface area is 125 Å². The zero-order valence-corrected chi connectivity index (χ0v) is 11.7. The number of ether oxygens (including phenoxy) is 2. The van der Waals surface area contributed by atoms with Crippen LogP contribution in [0.2, 0.25) is 0 Å². The summed E-state index contributed by atoms with van der Waals surface area (Å²) in [6.07, 6.45) is 8.18. The second kappa shape index (κ2) is 5.22. The fraction of sp³-hybridized carbons (Fsp3) is 0.250. The Morgan fingerprint density at radius 1 is 1.05 bits per heavy atom.